The number of halogens is 2. The summed E-state index contributed by atoms with van der Waals surface area (Å²) in [6, 6.07) is 3.45. The predicted molar refractivity (Wildman–Crippen MR) is 84.6 cm³/mol. The maximum absolute atomic E-state index is 12.0. The van der Waals surface area contributed by atoms with Crippen LogP contribution < -0.4 is 15.4 Å². The number of hydrogen-bond donors (Lipinski definition) is 3. The van der Waals surface area contributed by atoms with Gasteiger partial charge in [-0.05, 0) is 19.1 Å². The second kappa shape index (κ2) is 9.78. The third-order valence-electron chi connectivity index (χ3n) is 3.11. The van der Waals surface area contributed by atoms with Crippen LogP contribution in [0.2, 0.25) is 0 Å². The molecule has 0 radical (unpaired) electrons. The first-order chi connectivity index (χ1) is 9.22. The van der Waals surface area contributed by atoms with Gasteiger partial charge in [0.05, 0.1) is 12.7 Å². The van der Waals surface area contributed by atoms with Crippen molar-refractivity contribution in [2.45, 2.75) is 13.0 Å². The van der Waals surface area contributed by atoms with Crippen LogP contribution in [-0.4, -0.2) is 48.3 Å². The summed E-state index contributed by atoms with van der Waals surface area (Å²) in [4.78, 5) is 16.1. The molecule has 6 nitrogen and oxygen atoms in total. The van der Waals surface area contributed by atoms with Crippen molar-refractivity contribution in [1.29, 1.82) is 0 Å². The minimum atomic E-state index is -0.407. The van der Waals surface area contributed by atoms with E-state index in [0.29, 0.717) is 32.0 Å². The Kier molecular flexibility index (Phi) is 9.28. The first kappa shape index (κ1) is 19.9. The van der Waals surface area contributed by atoms with Gasteiger partial charge in [0.1, 0.15) is 0 Å². The monoisotopic (exact) mass is 337 g/mol. The average Bonchev–Trinajstić information content (AvgIpc) is 2.82. The van der Waals surface area contributed by atoms with E-state index >= 15 is 0 Å². The Balaban J connectivity index is 0.00000200. The van der Waals surface area contributed by atoms with Crippen molar-refractivity contribution in [1.82, 2.24) is 15.6 Å². The smallest absolute Gasteiger partial charge is 0.273 e. The van der Waals surface area contributed by atoms with Crippen LogP contribution in [0.15, 0.2) is 18.3 Å². The largest absolute Gasteiger partial charge is 0.491 e. The van der Waals surface area contributed by atoms with Gasteiger partial charge in [-0.1, -0.05) is 0 Å². The van der Waals surface area contributed by atoms with Crippen molar-refractivity contribution in [3.8, 4) is 5.75 Å². The standard InChI is InChI=1S/C13H19N3O3.2ClH/c1-2-19-11-4-3-5-15-12(11)13(18)16-7-9-6-14-8-10(9)17;;/h3-5,9-10,14,17H,2,6-8H2,1H3,(H,16,18);2*1H. The highest BCUT2D eigenvalue weighted by molar-refractivity contribution is 5.94. The summed E-state index contributed by atoms with van der Waals surface area (Å²) in [6.45, 7) is 4.05. The van der Waals surface area contributed by atoms with Crippen molar-refractivity contribution in [3.63, 3.8) is 0 Å². The Morgan fingerprint density at radius 2 is 2.29 bits per heavy atom. The molecule has 1 aromatic heterocycles. The summed E-state index contributed by atoms with van der Waals surface area (Å²) in [6.07, 6.45) is 1.15. The van der Waals surface area contributed by atoms with Crippen LogP contribution in [0.5, 0.6) is 5.75 Å². The molecule has 21 heavy (non-hydrogen) atoms. The van der Waals surface area contributed by atoms with Crippen LogP contribution in [0, 0.1) is 5.92 Å². The highest BCUT2D eigenvalue weighted by atomic mass is 35.5. The third-order valence-corrected chi connectivity index (χ3v) is 3.11. The molecule has 0 aliphatic carbocycles. The highest BCUT2D eigenvalue weighted by Crippen LogP contribution is 2.15. The first-order valence-corrected chi connectivity index (χ1v) is 6.47. The maximum Gasteiger partial charge on any atom is 0.273 e. The molecule has 3 N–H and O–H groups in total. The van der Waals surface area contributed by atoms with Crippen molar-refractivity contribution >= 4 is 30.7 Å². The number of carbonyl (C=O) groups excluding carboxylic acids is 1. The Bertz CT molecular complexity index is 448. The lowest BCUT2D eigenvalue weighted by atomic mass is 10.1. The minimum Gasteiger partial charge on any atom is -0.491 e. The van der Waals surface area contributed by atoms with E-state index in [2.05, 4.69) is 15.6 Å². The van der Waals surface area contributed by atoms with Crippen molar-refractivity contribution < 1.29 is 14.6 Å². The molecule has 2 rings (SSSR count). The fourth-order valence-corrected chi connectivity index (χ4v) is 2.07. The summed E-state index contributed by atoms with van der Waals surface area (Å²) in [5.41, 5.74) is 0.282. The number of ether oxygens (including phenoxy) is 1. The number of nitrogens with zero attached hydrogens (tertiary/aromatic N) is 1. The van der Waals surface area contributed by atoms with Gasteiger partial charge in [0, 0.05) is 31.7 Å². The number of nitrogens with one attached hydrogen (secondary N) is 2. The van der Waals surface area contributed by atoms with Crippen molar-refractivity contribution in [2.24, 2.45) is 5.92 Å². The molecule has 120 valence electrons. The van der Waals surface area contributed by atoms with E-state index < -0.39 is 6.10 Å². The number of pyridine rings is 1. The zero-order valence-corrected chi connectivity index (χ0v) is 13.4. The Labute approximate surface area is 136 Å². The van der Waals surface area contributed by atoms with Crippen LogP contribution in [0.25, 0.3) is 0 Å². The number of aliphatic hydroxyl groups excluding tert-OH is 1. The van der Waals surface area contributed by atoms with Gasteiger partial charge < -0.3 is 20.5 Å². The van der Waals surface area contributed by atoms with Gasteiger partial charge in [-0.15, -0.1) is 24.8 Å². The van der Waals surface area contributed by atoms with Crippen LogP contribution in [0.1, 0.15) is 17.4 Å². The molecule has 0 aromatic carbocycles. The molecule has 1 amide bonds. The molecular formula is C13H21Cl2N3O3. The van der Waals surface area contributed by atoms with Crippen LogP contribution in [-0.2, 0) is 0 Å². The molecule has 2 unspecified atom stereocenters. The number of β-amino-alcohol motifs (C(OH)–C–C–N with tert-alkyl or cyclic N) is 1. The van der Waals surface area contributed by atoms with E-state index in [1.54, 1.807) is 18.3 Å². The van der Waals surface area contributed by atoms with Gasteiger partial charge in [0.25, 0.3) is 5.91 Å². The lowest BCUT2D eigenvalue weighted by molar-refractivity contribution is 0.0918. The van der Waals surface area contributed by atoms with Gasteiger partial charge in [0.2, 0.25) is 0 Å². The Morgan fingerprint density at radius 1 is 1.52 bits per heavy atom. The van der Waals surface area contributed by atoms with Gasteiger partial charge in [-0.3, -0.25) is 4.79 Å². The average molecular weight is 338 g/mol. The zero-order valence-electron chi connectivity index (χ0n) is 11.7. The Hall–Kier alpha value is -1.08. The van der Waals surface area contributed by atoms with Crippen LogP contribution >= 0.6 is 24.8 Å². The van der Waals surface area contributed by atoms with Gasteiger partial charge in [-0.2, -0.15) is 0 Å². The van der Waals surface area contributed by atoms with Crippen molar-refractivity contribution in [3.05, 3.63) is 24.0 Å². The number of hydrogen-bond acceptors (Lipinski definition) is 5. The summed E-state index contributed by atoms with van der Waals surface area (Å²) in [7, 11) is 0. The SMILES string of the molecule is CCOc1cccnc1C(=O)NCC1CNCC1O.Cl.Cl. The van der Waals surface area contributed by atoms with E-state index in [1.807, 2.05) is 6.92 Å². The van der Waals surface area contributed by atoms with E-state index in [4.69, 9.17) is 4.74 Å². The summed E-state index contributed by atoms with van der Waals surface area (Å²) in [5, 5.41) is 15.5. The van der Waals surface area contributed by atoms with E-state index in [0.717, 1.165) is 0 Å². The lowest BCUT2D eigenvalue weighted by Crippen LogP contribution is -2.34. The van der Waals surface area contributed by atoms with E-state index in [1.165, 1.54) is 0 Å². The second-order valence-electron chi connectivity index (χ2n) is 4.48. The van der Waals surface area contributed by atoms with Crippen LogP contribution in [0.3, 0.4) is 0 Å². The normalized spacial score (nSPS) is 20.1. The number of amides is 1. The fourth-order valence-electron chi connectivity index (χ4n) is 2.07. The number of rotatable bonds is 5. The predicted octanol–water partition coefficient (Wildman–Crippen LogP) is 0.634. The molecule has 8 heteroatoms. The third kappa shape index (κ3) is 5.32. The van der Waals surface area contributed by atoms with Gasteiger partial charge >= 0.3 is 0 Å². The number of aromatic nitrogens is 1. The molecule has 0 bridgehead atoms. The van der Waals surface area contributed by atoms with Crippen molar-refractivity contribution in [2.75, 3.05) is 26.2 Å². The molecule has 1 aliphatic heterocycles. The molecule has 1 aliphatic rings. The molecule has 1 fully saturated rings. The zero-order chi connectivity index (χ0) is 13.7. The fraction of sp³-hybridized carbons (Fsp3) is 0.538. The maximum atomic E-state index is 12.0. The molecule has 2 atom stereocenters. The molecule has 1 aromatic rings. The number of carbonyl (C=O) groups is 1. The molecule has 0 spiro atoms. The van der Waals surface area contributed by atoms with Crippen LogP contribution in [0.4, 0.5) is 0 Å². The summed E-state index contributed by atoms with van der Waals surface area (Å²) >= 11 is 0. The van der Waals surface area contributed by atoms with Gasteiger partial charge in [-0.25, -0.2) is 4.98 Å². The summed E-state index contributed by atoms with van der Waals surface area (Å²) in [5.74, 6) is 0.249. The molecule has 1 saturated heterocycles. The topological polar surface area (TPSA) is 83.5 Å². The number of aliphatic hydroxyl groups is 1. The molecule has 0 saturated carbocycles. The van der Waals surface area contributed by atoms with E-state index in [9.17, 15) is 9.90 Å². The van der Waals surface area contributed by atoms with E-state index in [-0.39, 0.29) is 42.3 Å². The Morgan fingerprint density at radius 3 is 2.90 bits per heavy atom. The van der Waals surface area contributed by atoms with Gasteiger partial charge in [0.15, 0.2) is 11.4 Å². The summed E-state index contributed by atoms with van der Waals surface area (Å²) < 4.78 is 5.37. The molecule has 2 heterocycles. The molecular weight excluding hydrogens is 317 g/mol. The lowest BCUT2D eigenvalue weighted by Gasteiger charge is -2.14. The minimum absolute atomic E-state index is 0. The second-order valence-corrected chi connectivity index (χ2v) is 4.48. The quantitative estimate of drug-likeness (QED) is 0.734. The first-order valence-electron chi connectivity index (χ1n) is 6.47. The highest BCUT2D eigenvalue weighted by Gasteiger charge is 2.25.